The molecule has 2 nitrogen and oxygen atoms in total. The number of likely N-dealkylation sites (N-methyl/N-ethyl adjacent to an activating group) is 1. The molecule has 1 saturated carbocycles. The van der Waals surface area contributed by atoms with Crippen LogP contribution in [0.1, 0.15) is 30.1 Å². The molecule has 2 heteroatoms. The second kappa shape index (κ2) is 4.98. The van der Waals surface area contributed by atoms with Gasteiger partial charge in [-0.25, -0.2) is 0 Å². The van der Waals surface area contributed by atoms with Crippen LogP contribution in [0.25, 0.3) is 0 Å². The van der Waals surface area contributed by atoms with Crippen LogP contribution < -0.4 is 0 Å². The summed E-state index contributed by atoms with van der Waals surface area (Å²) in [5.41, 5.74) is 2.26. The molecule has 0 saturated heterocycles. The molecule has 0 radical (unpaired) electrons. The summed E-state index contributed by atoms with van der Waals surface area (Å²) in [5.74, 6) is 0.884. The van der Waals surface area contributed by atoms with Crippen molar-refractivity contribution in [1.29, 1.82) is 0 Å². The van der Waals surface area contributed by atoms with Crippen LogP contribution in [0.15, 0.2) is 24.3 Å². The fourth-order valence-corrected chi connectivity index (χ4v) is 2.00. The summed E-state index contributed by atoms with van der Waals surface area (Å²) in [6, 6.07) is 8.15. The highest BCUT2D eigenvalue weighted by atomic mass is 16.3. The quantitative estimate of drug-likeness (QED) is 0.822. The first-order valence-electron chi connectivity index (χ1n) is 6.08. The van der Waals surface area contributed by atoms with Crippen molar-refractivity contribution in [2.75, 3.05) is 20.1 Å². The Hall–Kier alpha value is -0.860. The summed E-state index contributed by atoms with van der Waals surface area (Å²) in [5, 5.41) is 10.1. The van der Waals surface area contributed by atoms with Crippen molar-refractivity contribution < 1.29 is 5.11 Å². The van der Waals surface area contributed by atoms with E-state index in [0.717, 1.165) is 24.6 Å². The smallest absolute Gasteiger partial charge is 0.0916 e. The fraction of sp³-hybridized carbons (Fsp3) is 0.571. The van der Waals surface area contributed by atoms with Gasteiger partial charge in [-0.2, -0.15) is 0 Å². The van der Waals surface area contributed by atoms with Crippen molar-refractivity contribution in [3.63, 3.8) is 0 Å². The standard InChI is InChI=1S/C14H21NO/c1-11-3-7-13(8-4-11)14(16)10-15(2)9-12-5-6-12/h3-4,7-8,12,14,16H,5-6,9-10H2,1-2H3. The molecule has 1 fully saturated rings. The van der Waals surface area contributed by atoms with Gasteiger partial charge in [-0.15, -0.1) is 0 Å². The van der Waals surface area contributed by atoms with E-state index in [9.17, 15) is 5.11 Å². The van der Waals surface area contributed by atoms with Gasteiger partial charge < -0.3 is 10.0 Å². The van der Waals surface area contributed by atoms with Crippen LogP contribution in [0.5, 0.6) is 0 Å². The lowest BCUT2D eigenvalue weighted by atomic mass is 10.1. The molecule has 1 atom stereocenters. The summed E-state index contributed by atoms with van der Waals surface area (Å²) >= 11 is 0. The third-order valence-electron chi connectivity index (χ3n) is 3.21. The van der Waals surface area contributed by atoms with E-state index >= 15 is 0 Å². The van der Waals surface area contributed by atoms with E-state index in [0.29, 0.717) is 0 Å². The SMILES string of the molecule is Cc1ccc(C(O)CN(C)CC2CC2)cc1. The van der Waals surface area contributed by atoms with E-state index < -0.39 is 0 Å². The van der Waals surface area contributed by atoms with E-state index in [4.69, 9.17) is 0 Å². The molecule has 1 unspecified atom stereocenters. The molecule has 1 aromatic rings. The van der Waals surface area contributed by atoms with Gasteiger partial charge in [0.25, 0.3) is 0 Å². The Balaban J connectivity index is 1.85. The summed E-state index contributed by atoms with van der Waals surface area (Å²) in [6.07, 6.45) is 2.37. The van der Waals surface area contributed by atoms with Crippen LogP contribution >= 0.6 is 0 Å². The van der Waals surface area contributed by atoms with Crippen molar-refractivity contribution in [1.82, 2.24) is 4.90 Å². The zero-order valence-corrected chi connectivity index (χ0v) is 10.2. The van der Waals surface area contributed by atoms with Crippen LogP contribution in [0, 0.1) is 12.8 Å². The molecule has 1 aliphatic carbocycles. The number of benzene rings is 1. The third kappa shape index (κ3) is 3.32. The van der Waals surface area contributed by atoms with Gasteiger partial charge in [0.2, 0.25) is 0 Å². The average molecular weight is 219 g/mol. The number of aliphatic hydroxyl groups is 1. The maximum absolute atomic E-state index is 10.1. The molecule has 1 N–H and O–H groups in total. The average Bonchev–Trinajstić information content (AvgIpc) is 3.02. The van der Waals surface area contributed by atoms with Crippen LogP contribution in [0.4, 0.5) is 0 Å². The van der Waals surface area contributed by atoms with Crippen LogP contribution in [0.2, 0.25) is 0 Å². The van der Waals surface area contributed by atoms with Crippen LogP contribution in [-0.4, -0.2) is 30.1 Å². The Labute approximate surface area is 97.9 Å². The lowest BCUT2D eigenvalue weighted by Gasteiger charge is -2.20. The van der Waals surface area contributed by atoms with Gasteiger partial charge in [-0.3, -0.25) is 0 Å². The predicted molar refractivity (Wildman–Crippen MR) is 66.4 cm³/mol. The zero-order valence-electron chi connectivity index (χ0n) is 10.2. The van der Waals surface area contributed by atoms with E-state index in [-0.39, 0.29) is 6.10 Å². The lowest BCUT2D eigenvalue weighted by molar-refractivity contribution is 0.124. The normalized spacial score (nSPS) is 17.8. The first kappa shape index (κ1) is 11.6. The van der Waals surface area contributed by atoms with E-state index in [1.807, 2.05) is 12.1 Å². The molecule has 0 aromatic heterocycles. The third-order valence-corrected chi connectivity index (χ3v) is 3.21. The first-order chi connectivity index (χ1) is 7.65. The van der Waals surface area contributed by atoms with Crippen molar-refractivity contribution in [3.8, 4) is 0 Å². The number of aryl methyl sites for hydroxylation is 1. The zero-order chi connectivity index (χ0) is 11.5. The van der Waals surface area contributed by atoms with E-state index in [1.54, 1.807) is 0 Å². The highest BCUT2D eigenvalue weighted by Gasteiger charge is 2.23. The maximum Gasteiger partial charge on any atom is 0.0916 e. The first-order valence-corrected chi connectivity index (χ1v) is 6.08. The van der Waals surface area contributed by atoms with Gasteiger partial charge >= 0.3 is 0 Å². The molecule has 0 amide bonds. The maximum atomic E-state index is 10.1. The summed E-state index contributed by atoms with van der Waals surface area (Å²) in [6.45, 7) is 3.93. The van der Waals surface area contributed by atoms with Crippen LogP contribution in [0.3, 0.4) is 0 Å². The second-order valence-electron chi connectivity index (χ2n) is 5.09. The number of nitrogens with zero attached hydrogens (tertiary/aromatic N) is 1. The minimum atomic E-state index is -0.357. The molecule has 0 bridgehead atoms. The lowest BCUT2D eigenvalue weighted by Crippen LogP contribution is -2.26. The fourth-order valence-electron chi connectivity index (χ4n) is 2.00. The summed E-state index contributed by atoms with van der Waals surface area (Å²) in [7, 11) is 2.09. The molecular weight excluding hydrogens is 198 g/mol. The molecule has 88 valence electrons. The van der Waals surface area contributed by atoms with Gasteiger partial charge in [0, 0.05) is 13.1 Å². The highest BCUT2D eigenvalue weighted by molar-refractivity contribution is 5.23. The van der Waals surface area contributed by atoms with E-state index in [2.05, 4.69) is 31.0 Å². The van der Waals surface area contributed by atoms with Crippen molar-refractivity contribution in [2.24, 2.45) is 5.92 Å². The second-order valence-corrected chi connectivity index (χ2v) is 5.09. The van der Waals surface area contributed by atoms with Crippen molar-refractivity contribution >= 4 is 0 Å². The Morgan fingerprint density at radius 3 is 2.50 bits per heavy atom. The Bertz CT molecular complexity index is 329. The molecule has 2 rings (SSSR count). The topological polar surface area (TPSA) is 23.5 Å². The van der Waals surface area contributed by atoms with Gasteiger partial charge in [0.1, 0.15) is 0 Å². The molecule has 1 aliphatic rings. The molecular formula is C14H21NO. The van der Waals surface area contributed by atoms with Gasteiger partial charge in [-0.1, -0.05) is 29.8 Å². The number of rotatable bonds is 5. The number of hydrogen-bond acceptors (Lipinski definition) is 2. The largest absolute Gasteiger partial charge is 0.387 e. The highest BCUT2D eigenvalue weighted by Crippen LogP contribution is 2.29. The molecule has 0 aliphatic heterocycles. The minimum Gasteiger partial charge on any atom is -0.387 e. The Kier molecular flexibility index (Phi) is 3.62. The van der Waals surface area contributed by atoms with Gasteiger partial charge in [0.05, 0.1) is 6.10 Å². The van der Waals surface area contributed by atoms with Crippen molar-refractivity contribution in [3.05, 3.63) is 35.4 Å². The Morgan fingerprint density at radius 1 is 1.31 bits per heavy atom. The van der Waals surface area contributed by atoms with Crippen molar-refractivity contribution in [2.45, 2.75) is 25.9 Å². The Morgan fingerprint density at radius 2 is 1.94 bits per heavy atom. The molecule has 1 aromatic carbocycles. The predicted octanol–water partition coefficient (Wildman–Crippen LogP) is 2.37. The van der Waals surface area contributed by atoms with Crippen LogP contribution in [-0.2, 0) is 0 Å². The molecule has 16 heavy (non-hydrogen) atoms. The monoisotopic (exact) mass is 219 g/mol. The van der Waals surface area contributed by atoms with Gasteiger partial charge in [0.15, 0.2) is 0 Å². The van der Waals surface area contributed by atoms with E-state index in [1.165, 1.54) is 18.4 Å². The minimum absolute atomic E-state index is 0.357. The number of aliphatic hydroxyl groups excluding tert-OH is 1. The molecule has 0 spiro atoms. The molecule has 0 heterocycles. The van der Waals surface area contributed by atoms with Gasteiger partial charge in [-0.05, 0) is 38.3 Å². The number of hydrogen-bond donors (Lipinski definition) is 1. The summed E-state index contributed by atoms with van der Waals surface area (Å²) < 4.78 is 0. The summed E-state index contributed by atoms with van der Waals surface area (Å²) in [4.78, 5) is 2.24.